The third kappa shape index (κ3) is 3.13. The van der Waals surface area contributed by atoms with Gasteiger partial charge in [-0.25, -0.2) is 9.49 Å². The third-order valence-corrected chi connectivity index (χ3v) is 6.09. The second kappa shape index (κ2) is 6.93. The molecule has 7 heteroatoms. The van der Waals surface area contributed by atoms with Gasteiger partial charge in [0, 0.05) is 24.9 Å². The predicted molar refractivity (Wildman–Crippen MR) is 109 cm³/mol. The summed E-state index contributed by atoms with van der Waals surface area (Å²) in [5.41, 5.74) is 3.50. The number of aromatic amines is 1. The quantitative estimate of drug-likeness (QED) is 0.563. The summed E-state index contributed by atoms with van der Waals surface area (Å²) in [7, 11) is 0. The molecule has 1 aliphatic rings. The summed E-state index contributed by atoms with van der Waals surface area (Å²) < 4.78 is 14.5. The first-order valence-electron chi connectivity index (χ1n) is 9.18. The van der Waals surface area contributed by atoms with Crippen molar-refractivity contribution in [3.63, 3.8) is 0 Å². The van der Waals surface area contributed by atoms with Gasteiger partial charge in [-0.1, -0.05) is 24.3 Å². The molecule has 3 heterocycles. The predicted octanol–water partition coefficient (Wildman–Crippen LogP) is 3.87. The standard InChI is InChI=1S/C22H16FN3O2S/c23-19-6-5-13(8-20-16-3-1-2-4-17(16)21(27)25-24-20)7-18(19)22(28)26-9-14-11-29-12-15(14)10-26/h1-7,11-12H,8-10H2,(H,25,27). The van der Waals surface area contributed by atoms with Crippen LogP contribution in [0.1, 0.15) is 32.7 Å². The van der Waals surface area contributed by atoms with E-state index in [-0.39, 0.29) is 17.0 Å². The second-order valence-electron chi connectivity index (χ2n) is 7.12. The van der Waals surface area contributed by atoms with Crippen molar-refractivity contribution in [1.82, 2.24) is 15.1 Å². The summed E-state index contributed by atoms with van der Waals surface area (Å²) >= 11 is 1.62. The molecule has 0 saturated heterocycles. The van der Waals surface area contributed by atoms with E-state index in [0.717, 1.165) is 22.1 Å². The largest absolute Gasteiger partial charge is 0.330 e. The van der Waals surface area contributed by atoms with Gasteiger partial charge < -0.3 is 4.90 Å². The number of carbonyl (C=O) groups excluding carboxylic acids is 1. The highest BCUT2D eigenvalue weighted by Crippen LogP contribution is 2.28. The summed E-state index contributed by atoms with van der Waals surface area (Å²) in [6.07, 6.45) is 0.380. The van der Waals surface area contributed by atoms with Gasteiger partial charge in [-0.15, -0.1) is 0 Å². The van der Waals surface area contributed by atoms with Crippen LogP contribution in [0.3, 0.4) is 0 Å². The highest BCUT2D eigenvalue weighted by molar-refractivity contribution is 7.08. The Bertz CT molecular complexity index is 1290. The van der Waals surface area contributed by atoms with Gasteiger partial charge in [0.25, 0.3) is 11.5 Å². The highest BCUT2D eigenvalue weighted by atomic mass is 32.1. The lowest BCUT2D eigenvalue weighted by molar-refractivity contribution is 0.0746. The van der Waals surface area contributed by atoms with Crippen molar-refractivity contribution >= 4 is 28.0 Å². The Balaban J connectivity index is 1.46. The number of thiophene rings is 1. The lowest BCUT2D eigenvalue weighted by atomic mass is 10.0. The van der Waals surface area contributed by atoms with Crippen LogP contribution in [-0.4, -0.2) is 21.0 Å². The Morgan fingerprint density at radius 2 is 1.83 bits per heavy atom. The van der Waals surface area contributed by atoms with Crippen molar-refractivity contribution in [3.05, 3.63) is 97.3 Å². The number of benzene rings is 2. The van der Waals surface area contributed by atoms with E-state index in [1.807, 2.05) is 22.9 Å². The van der Waals surface area contributed by atoms with Crippen LogP contribution in [0.2, 0.25) is 0 Å². The maximum Gasteiger partial charge on any atom is 0.272 e. The molecule has 2 aromatic heterocycles. The van der Waals surface area contributed by atoms with E-state index >= 15 is 0 Å². The minimum atomic E-state index is -0.535. The highest BCUT2D eigenvalue weighted by Gasteiger charge is 2.26. The first-order chi connectivity index (χ1) is 14.1. The average Bonchev–Trinajstić information content (AvgIpc) is 3.33. The van der Waals surface area contributed by atoms with E-state index in [9.17, 15) is 14.0 Å². The zero-order valence-electron chi connectivity index (χ0n) is 15.3. The Morgan fingerprint density at radius 3 is 2.59 bits per heavy atom. The zero-order valence-corrected chi connectivity index (χ0v) is 16.1. The van der Waals surface area contributed by atoms with Crippen LogP contribution in [0.15, 0.2) is 58.0 Å². The number of nitrogens with zero attached hydrogens (tertiary/aromatic N) is 2. The lowest BCUT2D eigenvalue weighted by Crippen LogP contribution is -2.26. The maximum atomic E-state index is 14.5. The van der Waals surface area contributed by atoms with E-state index in [0.29, 0.717) is 30.6 Å². The van der Waals surface area contributed by atoms with Crippen molar-refractivity contribution in [2.45, 2.75) is 19.5 Å². The van der Waals surface area contributed by atoms with Crippen LogP contribution >= 0.6 is 11.3 Å². The first kappa shape index (κ1) is 17.8. The van der Waals surface area contributed by atoms with Crippen LogP contribution in [-0.2, 0) is 19.5 Å². The van der Waals surface area contributed by atoms with E-state index in [4.69, 9.17) is 0 Å². The number of amides is 1. The van der Waals surface area contributed by atoms with Gasteiger partial charge in [0.2, 0.25) is 0 Å². The number of hydrogen-bond acceptors (Lipinski definition) is 4. The maximum absolute atomic E-state index is 14.5. The van der Waals surface area contributed by atoms with Crippen LogP contribution < -0.4 is 5.56 Å². The summed E-state index contributed by atoms with van der Waals surface area (Å²) in [5.74, 6) is -0.850. The number of nitrogens with one attached hydrogen (secondary N) is 1. The molecule has 1 N–H and O–H groups in total. The van der Waals surface area contributed by atoms with Gasteiger partial charge in [0.15, 0.2) is 0 Å². The molecule has 5 nitrogen and oxygen atoms in total. The molecule has 144 valence electrons. The van der Waals surface area contributed by atoms with E-state index in [1.165, 1.54) is 6.07 Å². The second-order valence-corrected chi connectivity index (χ2v) is 7.86. The molecular weight excluding hydrogens is 389 g/mol. The van der Waals surface area contributed by atoms with E-state index in [2.05, 4.69) is 10.2 Å². The summed E-state index contributed by atoms with van der Waals surface area (Å²) in [5, 5.41) is 12.0. The van der Waals surface area contributed by atoms with Crippen molar-refractivity contribution in [3.8, 4) is 0 Å². The average molecular weight is 405 g/mol. The molecule has 0 saturated carbocycles. The van der Waals surface area contributed by atoms with Crippen LogP contribution in [0, 0.1) is 5.82 Å². The number of rotatable bonds is 3. The summed E-state index contributed by atoms with van der Waals surface area (Å²) in [6, 6.07) is 11.8. The molecule has 1 aliphatic heterocycles. The Labute approximate surface area is 169 Å². The monoisotopic (exact) mass is 405 g/mol. The van der Waals surface area contributed by atoms with Gasteiger partial charge in [0.05, 0.1) is 16.6 Å². The zero-order chi connectivity index (χ0) is 20.0. The number of halogens is 1. The summed E-state index contributed by atoms with van der Waals surface area (Å²) in [6.45, 7) is 1.01. The van der Waals surface area contributed by atoms with Crippen LogP contribution in [0.25, 0.3) is 10.8 Å². The van der Waals surface area contributed by atoms with E-state index < -0.39 is 5.82 Å². The minimum Gasteiger partial charge on any atom is -0.330 e. The van der Waals surface area contributed by atoms with Gasteiger partial charge in [0.1, 0.15) is 5.82 Å². The molecule has 0 fully saturated rings. The molecule has 2 aromatic carbocycles. The molecule has 1 amide bonds. The van der Waals surface area contributed by atoms with Gasteiger partial charge in [-0.3, -0.25) is 9.59 Å². The van der Waals surface area contributed by atoms with Crippen molar-refractivity contribution < 1.29 is 9.18 Å². The Kier molecular flexibility index (Phi) is 4.24. The van der Waals surface area contributed by atoms with Crippen molar-refractivity contribution in [1.29, 1.82) is 0 Å². The van der Waals surface area contributed by atoms with Gasteiger partial charge in [-0.2, -0.15) is 16.4 Å². The molecule has 0 atom stereocenters. The number of aromatic nitrogens is 2. The molecule has 0 bridgehead atoms. The normalized spacial score (nSPS) is 13.1. The Hall–Kier alpha value is -3.32. The molecule has 0 unspecified atom stereocenters. The SMILES string of the molecule is O=C(c1cc(Cc2n[nH]c(=O)c3ccccc23)ccc1F)N1Cc2cscc2C1. The number of H-pyrrole nitrogens is 1. The number of hydrogen-bond donors (Lipinski definition) is 1. The fraction of sp³-hybridized carbons (Fsp3) is 0.136. The number of fused-ring (bicyclic) bond motifs is 2. The first-order valence-corrected chi connectivity index (χ1v) is 10.1. The molecule has 29 heavy (non-hydrogen) atoms. The molecule has 0 aliphatic carbocycles. The molecule has 0 spiro atoms. The third-order valence-electron chi connectivity index (χ3n) is 5.25. The van der Waals surface area contributed by atoms with E-state index in [1.54, 1.807) is 40.5 Å². The molecule has 4 aromatic rings. The Morgan fingerprint density at radius 1 is 1.10 bits per heavy atom. The molecular formula is C22H16FN3O2S. The smallest absolute Gasteiger partial charge is 0.272 e. The minimum absolute atomic E-state index is 0.0602. The topological polar surface area (TPSA) is 66.1 Å². The van der Waals surface area contributed by atoms with Gasteiger partial charge in [-0.05, 0) is 45.6 Å². The fourth-order valence-electron chi connectivity index (χ4n) is 3.75. The van der Waals surface area contributed by atoms with Crippen molar-refractivity contribution in [2.24, 2.45) is 0 Å². The number of carbonyl (C=O) groups is 1. The summed E-state index contributed by atoms with van der Waals surface area (Å²) in [4.78, 5) is 26.6. The molecule has 5 rings (SSSR count). The molecule has 0 radical (unpaired) electrons. The van der Waals surface area contributed by atoms with Crippen LogP contribution in [0.5, 0.6) is 0 Å². The fourth-order valence-corrected chi connectivity index (χ4v) is 4.60. The van der Waals surface area contributed by atoms with Crippen LogP contribution in [0.4, 0.5) is 4.39 Å². The van der Waals surface area contributed by atoms with Gasteiger partial charge >= 0.3 is 0 Å². The lowest BCUT2D eigenvalue weighted by Gasteiger charge is -2.17. The van der Waals surface area contributed by atoms with Crippen molar-refractivity contribution in [2.75, 3.05) is 0 Å².